The molecule has 1 aliphatic heterocycles. The molecule has 6 heteroatoms. The fraction of sp³-hybridized carbons (Fsp3) is 0.286. The van der Waals surface area contributed by atoms with Crippen molar-refractivity contribution in [3.05, 3.63) is 47.0 Å². The average Bonchev–Trinajstić information content (AvgIpc) is 2.84. The van der Waals surface area contributed by atoms with Gasteiger partial charge in [-0.1, -0.05) is 6.07 Å². The second-order valence-corrected chi connectivity index (χ2v) is 5.55. The molecule has 1 saturated heterocycles. The van der Waals surface area contributed by atoms with Crippen LogP contribution in [0.2, 0.25) is 0 Å². The Labute approximate surface area is 125 Å². The van der Waals surface area contributed by atoms with Crippen LogP contribution in [-0.4, -0.2) is 42.0 Å². The third kappa shape index (κ3) is 2.43. The molecule has 0 radical (unpaired) electrons. The second kappa shape index (κ2) is 5.28. The van der Waals surface area contributed by atoms with E-state index in [0.717, 1.165) is 18.9 Å². The molecule has 3 rings (SSSR count). The summed E-state index contributed by atoms with van der Waals surface area (Å²) < 4.78 is 5.86. The summed E-state index contributed by atoms with van der Waals surface area (Å²) in [6.07, 6.45) is 1.78. The van der Waals surface area contributed by atoms with Crippen molar-refractivity contribution in [2.24, 2.45) is 0 Å². The van der Waals surface area contributed by atoms with Gasteiger partial charge in [0.15, 0.2) is 10.4 Å². The fourth-order valence-corrected chi connectivity index (χ4v) is 2.50. The quantitative estimate of drug-likeness (QED) is 0.864. The van der Waals surface area contributed by atoms with Gasteiger partial charge >= 0.3 is 0 Å². The molecule has 2 aromatic rings. The van der Waals surface area contributed by atoms with Gasteiger partial charge < -0.3 is 14.2 Å². The monoisotopic (exact) mass is 335 g/mol. The Morgan fingerprint density at radius 1 is 1.40 bits per heavy atom. The third-order valence-electron chi connectivity index (χ3n) is 3.49. The molecule has 5 nitrogen and oxygen atoms in total. The highest BCUT2D eigenvalue weighted by Crippen LogP contribution is 2.23. The number of aromatic nitrogens is 1. The van der Waals surface area contributed by atoms with E-state index < -0.39 is 0 Å². The number of hydrogen-bond acceptors (Lipinski definition) is 4. The minimum Gasteiger partial charge on any atom is -0.444 e. The number of nitrogens with zero attached hydrogens (tertiary/aromatic N) is 3. The van der Waals surface area contributed by atoms with Crippen LogP contribution in [0.5, 0.6) is 0 Å². The van der Waals surface area contributed by atoms with Crippen molar-refractivity contribution in [1.82, 2.24) is 9.88 Å². The highest BCUT2D eigenvalue weighted by atomic mass is 79.9. The predicted octanol–water partition coefficient (Wildman–Crippen LogP) is 2.40. The van der Waals surface area contributed by atoms with Gasteiger partial charge in [0.2, 0.25) is 0 Å². The molecule has 0 saturated carbocycles. The molecule has 1 amide bonds. The van der Waals surface area contributed by atoms with Crippen LogP contribution in [0.15, 0.2) is 45.6 Å². The number of rotatable bonds is 3. The summed E-state index contributed by atoms with van der Waals surface area (Å²) >= 11 is 3.20. The van der Waals surface area contributed by atoms with E-state index in [1.54, 1.807) is 30.3 Å². The van der Waals surface area contributed by atoms with Gasteiger partial charge in [0.05, 0.1) is 6.04 Å². The maximum atomic E-state index is 12.2. The van der Waals surface area contributed by atoms with Crippen LogP contribution < -0.4 is 4.90 Å². The molecule has 0 unspecified atom stereocenters. The van der Waals surface area contributed by atoms with Gasteiger partial charge in [-0.15, -0.1) is 0 Å². The minimum absolute atomic E-state index is 0.0960. The molecular formula is C14H14BrN3O2. The van der Waals surface area contributed by atoms with Crippen molar-refractivity contribution in [3.8, 4) is 0 Å². The number of carbonyl (C=O) groups is 1. The summed E-state index contributed by atoms with van der Waals surface area (Å²) in [6.45, 7) is 1.59. The number of amides is 1. The van der Waals surface area contributed by atoms with E-state index >= 15 is 0 Å². The Morgan fingerprint density at radius 3 is 2.80 bits per heavy atom. The van der Waals surface area contributed by atoms with Crippen molar-refractivity contribution in [1.29, 1.82) is 0 Å². The Morgan fingerprint density at radius 2 is 2.20 bits per heavy atom. The van der Waals surface area contributed by atoms with E-state index in [-0.39, 0.29) is 11.9 Å². The summed E-state index contributed by atoms with van der Waals surface area (Å²) in [5.41, 5.74) is 0. The van der Waals surface area contributed by atoms with Crippen LogP contribution in [0.3, 0.4) is 0 Å². The van der Waals surface area contributed by atoms with E-state index in [2.05, 4.69) is 25.8 Å². The lowest BCUT2D eigenvalue weighted by atomic mass is 10.1. The van der Waals surface area contributed by atoms with Crippen LogP contribution in [0.1, 0.15) is 10.6 Å². The van der Waals surface area contributed by atoms with Crippen molar-refractivity contribution < 1.29 is 9.21 Å². The minimum atomic E-state index is -0.0960. The second-order valence-electron chi connectivity index (χ2n) is 4.77. The zero-order valence-electron chi connectivity index (χ0n) is 11.0. The normalized spacial score (nSPS) is 15.0. The summed E-state index contributed by atoms with van der Waals surface area (Å²) in [4.78, 5) is 20.4. The molecule has 0 spiro atoms. The first-order valence-electron chi connectivity index (χ1n) is 6.33. The lowest BCUT2D eigenvalue weighted by molar-refractivity contribution is 0.0671. The van der Waals surface area contributed by atoms with Gasteiger partial charge in [0, 0.05) is 26.3 Å². The maximum absolute atomic E-state index is 12.2. The molecule has 2 aromatic heterocycles. The van der Waals surface area contributed by atoms with Crippen molar-refractivity contribution in [2.75, 3.05) is 25.0 Å². The van der Waals surface area contributed by atoms with E-state index in [9.17, 15) is 4.79 Å². The molecule has 104 valence electrons. The SMILES string of the molecule is CN(C(=O)c1ccc(Br)o1)C1CN(c2ccccn2)C1. The molecule has 20 heavy (non-hydrogen) atoms. The number of furan rings is 1. The smallest absolute Gasteiger partial charge is 0.289 e. The van der Waals surface area contributed by atoms with Gasteiger partial charge in [-0.25, -0.2) is 4.98 Å². The van der Waals surface area contributed by atoms with Crippen molar-refractivity contribution in [3.63, 3.8) is 0 Å². The van der Waals surface area contributed by atoms with Crippen molar-refractivity contribution >= 4 is 27.7 Å². The lowest BCUT2D eigenvalue weighted by Crippen LogP contribution is -2.60. The van der Waals surface area contributed by atoms with E-state index in [4.69, 9.17) is 4.42 Å². The van der Waals surface area contributed by atoms with Crippen molar-refractivity contribution in [2.45, 2.75) is 6.04 Å². The molecule has 0 aromatic carbocycles. The summed E-state index contributed by atoms with van der Waals surface area (Å²) in [5.74, 6) is 1.21. The molecule has 1 fully saturated rings. The Kier molecular flexibility index (Phi) is 3.48. The Hall–Kier alpha value is -1.82. The number of halogens is 1. The van der Waals surface area contributed by atoms with Gasteiger partial charge in [-0.05, 0) is 40.2 Å². The summed E-state index contributed by atoms with van der Waals surface area (Å²) in [6, 6.07) is 9.42. The maximum Gasteiger partial charge on any atom is 0.289 e. The van der Waals surface area contributed by atoms with Gasteiger partial charge in [-0.2, -0.15) is 0 Å². The van der Waals surface area contributed by atoms with Crippen LogP contribution in [0.4, 0.5) is 5.82 Å². The Balaban J connectivity index is 1.61. The zero-order chi connectivity index (χ0) is 14.1. The molecule has 3 heterocycles. The Bertz CT molecular complexity index is 608. The predicted molar refractivity (Wildman–Crippen MR) is 78.7 cm³/mol. The first kappa shape index (κ1) is 13.2. The van der Waals surface area contributed by atoms with E-state index in [1.807, 2.05) is 18.2 Å². The first-order valence-corrected chi connectivity index (χ1v) is 7.13. The largest absolute Gasteiger partial charge is 0.444 e. The third-order valence-corrected chi connectivity index (χ3v) is 3.91. The molecular weight excluding hydrogens is 322 g/mol. The molecule has 0 bridgehead atoms. The summed E-state index contributed by atoms with van der Waals surface area (Å²) in [5, 5.41) is 0. The number of carbonyl (C=O) groups excluding carboxylic acids is 1. The molecule has 0 aliphatic carbocycles. The molecule has 0 atom stereocenters. The standard InChI is InChI=1S/C14H14BrN3O2/c1-17(14(19)11-5-6-12(15)20-11)10-8-18(9-10)13-4-2-3-7-16-13/h2-7,10H,8-9H2,1H3. The number of anilines is 1. The van der Waals surface area contributed by atoms with E-state index in [1.165, 1.54) is 0 Å². The average molecular weight is 336 g/mol. The number of pyridine rings is 1. The van der Waals surface area contributed by atoms with Gasteiger partial charge in [0.25, 0.3) is 5.91 Å². The number of likely N-dealkylation sites (N-methyl/N-ethyl adjacent to an activating group) is 1. The highest BCUT2D eigenvalue weighted by Gasteiger charge is 2.34. The van der Waals surface area contributed by atoms with Crippen LogP contribution in [0.25, 0.3) is 0 Å². The van der Waals surface area contributed by atoms with Crippen LogP contribution >= 0.6 is 15.9 Å². The topological polar surface area (TPSA) is 49.6 Å². The first-order chi connectivity index (χ1) is 9.65. The van der Waals surface area contributed by atoms with Gasteiger partial charge in [0.1, 0.15) is 5.82 Å². The van der Waals surface area contributed by atoms with Crippen LogP contribution in [-0.2, 0) is 0 Å². The molecule has 0 N–H and O–H groups in total. The highest BCUT2D eigenvalue weighted by molar-refractivity contribution is 9.10. The zero-order valence-corrected chi connectivity index (χ0v) is 12.6. The number of hydrogen-bond donors (Lipinski definition) is 0. The van der Waals surface area contributed by atoms with Crippen LogP contribution in [0, 0.1) is 0 Å². The summed E-state index contributed by atoms with van der Waals surface area (Å²) in [7, 11) is 1.80. The fourth-order valence-electron chi connectivity index (χ4n) is 2.20. The molecule has 1 aliphatic rings. The van der Waals surface area contributed by atoms with E-state index in [0.29, 0.717) is 10.4 Å². The van der Waals surface area contributed by atoms with Gasteiger partial charge in [-0.3, -0.25) is 4.79 Å². The lowest BCUT2D eigenvalue weighted by Gasteiger charge is -2.44.